The van der Waals surface area contributed by atoms with Crippen molar-refractivity contribution < 1.29 is 0 Å². The maximum atomic E-state index is 4.09. The maximum absolute atomic E-state index is 4.09. The topological polar surface area (TPSA) is 0 Å². The molecule has 1 aromatic rings. The van der Waals surface area contributed by atoms with E-state index in [9.17, 15) is 0 Å². The Labute approximate surface area is 81.3 Å². The van der Waals surface area contributed by atoms with E-state index in [4.69, 9.17) is 0 Å². The van der Waals surface area contributed by atoms with Gasteiger partial charge in [-0.05, 0) is 36.5 Å². The fourth-order valence-corrected chi connectivity index (χ4v) is 1.52. The van der Waals surface area contributed by atoms with E-state index in [1.54, 1.807) is 0 Å². The van der Waals surface area contributed by atoms with Crippen molar-refractivity contribution in [3.8, 4) is 0 Å². The zero-order chi connectivity index (χ0) is 9.84. The standard InChI is InChI=1S/C13H18/c1-5-11(4)13-9-10(3)7-8-12(13)6-2/h7-9H,4-6H2,1-3H3. The second-order valence-electron chi connectivity index (χ2n) is 3.47. The van der Waals surface area contributed by atoms with Gasteiger partial charge in [-0.15, -0.1) is 0 Å². The van der Waals surface area contributed by atoms with Crippen LogP contribution >= 0.6 is 0 Å². The number of hydrogen-bond donors (Lipinski definition) is 0. The van der Waals surface area contributed by atoms with Crippen LogP contribution in [0.1, 0.15) is 37.0 Å². The summed E-state index contributed by atoms with van der Waals surface area (Å²) in [6.07, 6.45) is 2.13. The normalized spacial score (nSPS) is 10.1. The van der Waals surface area contributed by atoms with Crippen LogP contribution in [0, 0.1) is 6.92 Å². The van der Waals surface area contributed by atoms with Crippen molar-refractivity contribution in [3.05, 3.63) is 41.5 Å². The van der Waals surface area contributed by atoms with E-state index in [0.29, 0.717) is 0 Å². The molecule has 1 aromatic carbocycles. The first-order valence-electron chi connectivity index (χ1n) is 4.96. The van der Waals surface area contributed by atoms with Gasteiger partial charge in [0.05, 0.1) is 0 Å². The molecule has 0 aliphatic carbocycles. The van der Waals surface area contributed by atoms with Crippen molar-refractivity contribution in [1.82, 2.24) is 0 Å². The Morgan fingerprint density at radius 2 is 2.00 bits per heavy atom. The maximum Gasteiger partial charge on any atom is -0.0196 e. The van der Waals surface area contributed by atoms with Crippen LogP contribution in [0.25, 0.3) is 5.57 Å². The highest BCUT2D eigenvalue weighted by Crippen LogP contribution is 2.22. The van der Waals surface area contributed by atoms with Crippen molar-refractivity contribution in [2.45, 2.75) is 33.6 Å². The molecular weight excluding hydrogens is 156 g/mol. The van der Waals surface area contributed by atoms with Gasteiger partial charge in [0.1, 0.15) is 0 Å². The number of rotatable bonds is 3. The molecule has 0 aromatic heterocycles. The van der Waals surface area contributed by atoms with Gasteiger partial charge in [-0.25, -0.2) is 0 Å². The van der Waals surface area contributed by atoms with Gasteiger partial charge in [0.2, 0.25) is 0 Å². The molecule has 70 valence electrons. The second kappa shape index (κ2) is 4.27. The highest BCUT2D eigenvalue weighted by atomic mass is 14.1. The average Bonchev–Trinajstić information content (AvgIpc) is 2.16. The lowest BCUT2D eigenvalue weighted by Gasteiger charge is -2.10. The van der Waals surface area contributed by atoms with Crippen molar-refractivity contribution in [1.29, 1.82) is 0 Å². The molecule has 0 unspecified atom stereocenters. The van der Waals surface area contributed by atoms with Gasteiger partial charge >= 0.3 is 0 Å². The van der Waals surface area contributed by atoms with Crippen molar-refractivity contribution >= 4 is 5.57 Å². The summed E-state index contributed by atoms with van der Waals surface area (Å²) in [5.74, 6) is 0. The molecule has 0 aliphatic rings. The fourth-order valence-electron chi connectivity index (χ4n) is 1.52. The van der Waals surface area contributed by atoms with Gasteiger partial charge in [0.25, 0.3) is 0 Å². The zero-order valence-corrected chi connectivity index (χ0v) is 8.85. The summed E-state index contributed by atoms with van der Waals surface area (Å²) in [6.45, 7) is 10.6. The first kappa shape index (κ1) is 10.0. The summed E-state index contributed by atoms with van der Waals surface area (Å²) in [7, 11) is 0. The van der Waals surface area contributed by atoms with Crippen molar-refractivity contribution in [2.24, 2.45) is 0 Å². The minimum Gasteiger partial charge on any atom is -0.0952 e. The third-order valence-corrected chi connectivity index (χ3v) is 2.45. The fraction of sp³-hybridized carbons (Fsp3) is 0.385. The molecule has 0 radical (unpaired) electrons. The van der Waals surface area contributed by atoms with Crippen molar-refractivity contribution in [2.75, 3.05) is 0 Å². The third-order valence-electron chi connectivity index (χ3n) is 2.45. The SMILES string of the molecule is C=C(CC)c1cc(C)ccc1CC. The summed E-state index contributed by atoms with van der Waals surface area (Å²) in [5.41, 5.74) is 5.34. The van der Waals surface area contributed by atoms with E-state index in [1.165, 1.54) is 22.3 Å². The molecular formula is C13H18. The predicted octanol–water partition coefficient (Wildman–Crippen LogP) is 3.98. The molecule has 0 saturated heterocycles. The van der Waals surface area contributed by atoms with Gasteiger partial charge in [-0.1, -0.05) is 44.2 Å². The zero-order valence-electron chi connectivity index (χ0n) is 8.85. The quantitative estimate of drug-likeness (QED) is 0.650. The molecule has 1 rings (SSSR count). The smallest absolute Gasteiger partial charge is 0.0196 e. The Morgan fingerprint density at radius 3 is 2.54 bits per heavy atom. The third kappa shape index (κ3) is 2.21. The van der Waals surface area contributed by atoms with E-state index in [1.807, 2.05) is 0 Å². The molecule has 0 N–H and O–H groups in total. The molecule has 0 amide bonds. The van der Waals surface area contributed by atoms with Crippen LogP contribution in [0.2, 0.25) is 0 Å². The second-order valence-corrected chi connectivity index (χ2v) is 3.47. The van der Waals surface area contributed by atoms with Crippen LogP contribution < -0.4 is 0 Å². The Morgan fingerprint density at radius 1 is 1.31 bits per heavy atom. The van der Waals surface area contributed by atoms with Gasteiger partial charge in [0, 0.05) is 0 Å². The van der Waals surface area contributed by atoms with Crippen LogP contribution in [0.5, 0.6) is 0 Å². The van der Waals surface area contributed by atoms with Crippen molar-refractivity contribution in [3.63, 3.8) is 0 Å². The number of hydrogen-bond acceptors (Lipinski definition) is 0. The van der Waals surface area contributed by atoms with Gasteiger partial charge in [-0.3, -0.25) is 0 Å². The molecule has 0 aliphatic heterocycles. The molecule has 0 atom stereocenters. The average molecular weight is 174 g/mol. The molecule has 0 heterocycles. The van der Waals surface area contributed by atoms with Crippen LogP contribution in [0.3, 0.4) is 0 Å². The first-order valence-corrected chi connectivity index (χ1v) is 4.96. The lowest BCUT2D eigenvalue weighted by molar-refractivity contribution is 1.11. The summed E-state index contributed by atoms with van der Waals surface area (Å²) < 4.78 is 0. The molecule has 0 saturated carbocycles. The summed E-state index contributed by atoms with van der Waals surface area (Å²) in [5, 5.41) is 0. The number of allylic oxidation sites excluding steroid dienone is 1. The minimum absolute atomic E-state index is 1.04. The number of aryl methyl sites for hydroxylation is 2. The van der Waals surface area contributed by atoms with Crippen LogP contribution in [0.4, 0.5) is 0 Å². The lowest BCUT2D eigenvalue weighted by atomic mass is 9.96. The molecule has 0 bridgehead atoms. The van der Waals surface area contributed by atoms with Crippen LogP contribution in [-0.2, 0) is 6.42 Å². The summed E-state index contributed by atoms with van der Waals surface area (Å²) in [4.78, 5) is 0. The van der Waals surface area contributed by atoms with E-state index in [-0.39, 0.29) is 0 Å². The van der Waals surface area contributed by atoms with E-state index >= 15 is 0 Å². The largest absolute Gasteiger partial charge is 0.0952 e. The Hall–Kier alpha value is -1.04. The summed E-state index contributed by atoms with van der Waals surface area (Å²) in [6, 6.07) is 6.63. The minimum atomic E-state index is 1.04. The number of benzene rings is 1. The Bertz CT molecular complexity index is 308. The van der Waals surface area contributed by atoms with Crippen LogP contribution in [0.15, 0.2) is 24.8 Å². The molecule has 13 heavy (non-hydrogen) atoms. The molecule has 0 fully saturated rings. The Balaban J connectivity index is 3.15. The Kier molecular flexibility index (Phi) is 3.30. The lowest BCUT2D eigenvalue weighted by Crippen LogP contribution is -1.91. The highest BCUT2D eigenvalue weighted by molar-refractivity contribution is 5.66. The molecule has 0 heteroatoms. The predicted molar refractivity (Wildman–Crippen MR) is 59.9 cm³/mol. The van der Waals surface area contributed by atoms with E-state index in [0.717, 1.165) is 12.8 Å². The highest BCUT2D eigenvalue weighted by Gasteiger charge is 2.02. The first-order chi connectivity index (χ1) is 6.19. The molecule has 0 nitrogen and oxygen atoms in total. The van der Waals surface area contributed by atoms with Gasteiger partial charge in [-0.2, -0.15) is 0 Å². The van der Waals surface area contributed by atoms with E-state index < -0.39 is 0 Å². The molecule has 0 spiro atoms. The van der Waals surface area contributed by atoms with E-state index in [2.05, 4.69) is 45.5 Å². The summed E-state index contributed by atoms with van der Waals surface area (Å²) >= 11 is 0. The monoisotopic (exact) mass is 174 g/mol. The van der Waals surface area contributed by atoms with Gasteiger partial charge < -0.3 is 0 Å². The van der Waals surface area contributed by atoms with Crippen LogP contribution in [-0.4, -0.2) is 0 Å². The van der Waals surface area contributed by atoms with Gasteiger partial charge in [0.15, 0.2) is 0 Å².